The summed E-state index contributed by atoms with van der Waals surface area (Å²) in [4.78, 5) is 26.9. The van der Waals surface area contributed by atoms with Gasteiger partial charge in [0.25, 0.3) is 0 Å². The number of halogens is 1. The highest BCUT2D eigenvalue weighted by Gasteiger charge is 2.07. The minimum atomic E-state index is -0.0928. The van der Waals surface area contributed by atoms with E-state index in [1.807, 2.05) is 24.3 Å². The number of carbonyl (C=O) groups is 1. The number of H-pyrrole nitrogens is 1. The molecule has 0 aliphatic heterocycles. The lowest BCUT2D eigenvalue weighted by molar-refractivity contribution is 0.101. The molecule has 104 valence electrons. The Kier molecular flexibility index (Phi) is 3.47. The van der Waals surface area contributed by atoms with Gasteiger partial charge < -0.3 is 4.98 Å². The van der Waals surface area contributed by atoms with Crippen molar-refractivity contribution < 1.29 is 4.79 Å². The van der Waals surface area contributed by atoms with Gasteiger partial charge in [-0.1, -0.05) is 28.1 Å². The summed E-state index contributed by atoms with van der Waals surface area (Å²) in [6, 6.07) is 14.4. The van der Waals surface area contributed by atoms with Crippen molar-refractivity contribution in [3.05, 3.63) is 68.8 Å². The molecule has 0 spiro atoms. The highest BCUT2D eigenvalue weighted by molar-refractivity contribution is 9.10. The summed E-state index contributed by atoms with van der Waals surface area (Å²) in [7, 11) is 0. The Morgan fingerprint density at radius 3 is 2.43 bits per heavy atom. The number of pyridine rings is 1. The number of benzene rings is 2. The van der Waals surface area contributed by atoms with Crippen LogP contribution in [0.3, 0.4) is 0 Å². The Hall–Kier alpha value is -2.20. The molecule has 0 saturated heterocycles. The first-order chi connectivity index (χ1) is 10.0. The van der Waals surface area contributed by atoms with Crippen LogP contribution in [0.25, 0.3) is 22.2 Å². The molecule has 4 heteroatoms. The Morgan fingerprint density at radius 1 is 1.05 bits per heavy atom. The average Bonchev–Trinajstić information content (AvgIpc) is 2.47. The molecule has 3 aromatic rings. The molecule has 0 aliphatic carbocycles. The van der Waals surface area contributed by atoms with Gasteiger partial charge in [-0.2, -0.15) is 0 Å². The number of aromatic nitrogens is 1. The van der Waals surface area contributed by atoms with E-state index in [1.54, 1.807) is 24.3 Å². The molecule has 3 nitrogen and oxygen atoms in total. The van der Waals surface area contributed by atoms with E-state index < -0.39 is 0 Å². The molecule has 1 aromatic heterocycles. The van der Waals surface area contributed by atoms with E-state index in [-0.39, 0.29) is 11.2 Å². The van der Waals surface area contributed by atoms with E-state index in [0.29, 0.717) is 10.9 Å². The maximum atomic E-state index is 12.3. The van der Waals surface area contributed by atoms with Crippen LogP contribution in [-0.4, -0.2) is 10.8 Å². The number of carbonyl (C=O) groups excluding carboxylic acids is 1. The van der Waals surface area contributed by atoms with Gasteiger partial charge in [0.1, 0.15) is 0 Å². The standard InChI is InChI=1S/C17H12BrNO2/c1-10(20)12-4-7-15-14(8-12)17(21)9-16(19-15)11-2-5-13(18)6-3-11/h2-9H,1H3,(H,19,21). The van der Waals surface area contributed by atoms with Crippen LogP contribution in [-0.2, 0) is 0 Å². The first-order valence-corrected chi connectivity index (χ1v) is 7.28. The number of Topliss-reactive ketones (excluding diaryl/α,β-unsaturated/α-hetero) is 1. The monoisotopic (exact) mass is 341 g/mol. The maximum Gasteiger partial charge on any atom is 0.190 e. The second kappa shape index (κ2) is 5.30. The van der Waals surface area contributed by atoms with E-state index in [4.69, 9.17) is 0 Å². The van der Waals surface area contributed by atoms with Crippen LogP contribution in [0.1, 0.15) is 17.3 Å². The van der Waals surface area contributed by atoms with Gasteiger partial charge in [-0.3, -0.25) is 9.59 Å². The molecule has 3 rings (SSSR count). The Bertz CT molecular complexity index is 895. The van der Waals surface area contributed by atoms with Gasteiger partial charge in [-0.05, 0) is 42.8 Å². The fourth-order valence-electron chi connectivity index (χ4n) is 2.25. The third-order valence-corrected chi connectivity index (χ3v) is 3.92. The third-order valence-electron chi connectivity index (χ3n) is 3.39. The number of aromatic amines is 1. The second-order valence-electron chi connectivity index (χ2n) is 4.87. The summed E-state index contributed by atoms with van der Waals surface area (Å²) in [5, 5.41) is 0.531. The number of fused-ring (bicyclic) bond motifs is 1. The molecule has 1 heterocycles. The molecule has 0 fully saturated rings. The predicted octanol–water partition coefficient (Wildman–Crippen LogP) is 4.16. The van der Waals surface area contributed by atoms with Crippen LogP contribution in [0.2, 0.25) is 0 Å². The molecule has 2 aromatic carbocycles. The highest BCUT2D eigenvalue weighted by atomic mass is 79.9. The van der Waals surface area contributed by atoms with Crippen molar-refractivity contribution in [3.63, 3.8) is 0 Å². The van der Waals surface area contributed by atoms with Crippen LogP contribution in [0.15, 0.2) is 57.8 Å². The van der Waals surface area contributed by atoms with Crippen molar-refractivity contribution in [2.75, 3.05) is 0 Å². The van der Waals surface area contributed by atoms with Crippen molar-refractivity contribution in [2.24, 2.45) is 0 Å². The number of rotatable bonds is 2. The number of nitrogens with one attached hydrogen (secondary N) is 1. The molecule has 0 bridgehead atoms. The van der Waals surface area contributed by atoms with Gasteiger partial charge in [0.05, 0.1) is 0 Å². The first kappa shape index (κ1) is 13.8. The zero-order chi connectivity index (χ0) is 15.0. The van der Waals surface area contributed by atoms with Crippen LogP contribution in [0.5, 0.6) is 0 Å². The smallest absolute Gasteiger partial charge is 0.190 e. The van der Waals surface area contributed by atoms with Crippen LogP contribution < -0.4 is 5.43 Å². The van der Waals surface area contributed by atoms with Gasteiger partial charge in [0.15, 0.2) is 11.2 Å². The lowest BCUT2D eigenvalue weighted by Crippen LogP contribution is -2.04. The van der Waals surface area contributed by atoms with Crippen molar-refractivity contribution in [1.29, 1.82) is 0 Å². The average molecular weight is 342 g/mol. The summed E-state index contributed by atoms with van der Waals surface area (Å²) < 4.78 is 0.987. The Balaban J connectivity index is 2.20. The van der Waals surface area contributed by atoms with E-state index in [2.05, 4.69) is 20.9 Å². The van der Waals surface area contributed by atoms with Crippen LogP contribution >= 0.6 is 15.9 Å². The second-order valence-corrected chi connectivity index (χ2v) is 5.79. The van der Waals surface area contributed by atoms with E-state index >= 15 is 0 Å². The quantitative estimate of drug-likeness (QED) is 0.711. The third kappa shape index (κ3) is 2.67. The van der Waals surface area contributed by atoms with Crippen molar-refractivity contribution >= 4 is 32.6 Å². The van der Waals surface area contributed by atoms with Crippen LogP contribution in [0, 0.1) is 0 Å². The Morgan fingerprint density at radius 2 is 1.76 bits per heavy atom. The fraction of sp³-hybridized carbons (Fsp3) is 0.0588. The summed E-state index contributed by atoms with van der Waals surface area (Å²) in [5.41, 5.74) is 2.88. The molecule has 0 aliphatic rings. The van der Waals surface area contributed by atoms with Gasteiger partial charge in [-0.25, -0.2) is 0 Å². The number of hydrogen-bond donors (Lipinski definition) is 1. The largest absolute Gasteiger partial charge is 0.354 e. The lowest BCUT2D eigenvalue weighted by atomic mass is 10.1. The molecule has 0 unspecified atom stereocenters. The molecule has 1 N–H and O–H groups in total. The number of ketones is 1. The van der Waals surface area contributed by atoms with Crippen LogP contribution in [0.4, 0.5) is 0 Å². The van der Waals surface area contributed by atoms with Crippen molar-refractivity contribution in [3.8, 4) is 11.3 Å². The van der Waals surface area contributed by atoms with Crippen molar-refractivity contribution in [1.82, 2.24) is 4.98 Å². The minimum Gasteiger partial charge on any atom is -0.354 e. The summed E-state index contributed by atoms with van der Waals surface area (Å²) in [6.07, 6.45) is 0. The molecular formula is C17H12BrNO2. The Labute approximate surface area is 129 Å². The van der Waals surface area contributed by atoms with Gasteiger partial charge in [0, 0.05) is 32.7 Å². The molecule has 0 radical (unpaired) electrons. The normalized spacial score (nSPS) is 10.8. The maximum absolute atomic E-state index is 12.3. The zero-order valence-electron chi connectivity index (χ0n) is 11.3. The van der Waals surface area contributed by atoms with Gasteiger partial charge >= 0.3 is 0 Å². The van der Waals surface area contributed by atoms with E-state index in [0.717, 1.165) is 21.2 Å². The fourth-order valence-corrected chi connectivity index (χ4v) is 2.52. The molecular weight excluding hydrogens is 330 g/mol. The topological polar surface area (TPSA) is 49.9 Å². The van der Waals surface area contributed by atoms with E-state index in [1.165, 1.54) is 6.92 Å². The highest BCUT2D eigenvalue weighted by Crippen LogP contribution is 2.21. The summed E-state index contributed by atoms with van der Waals surface area (Å²) >= 11 is 3.39. The van der Waals surface area contributed by atoms with E-state index in [9.17, 15) is 9.59 Å². The molecule has 0 amide bonds. The SMILES string of the molecule is CC(=O)c1ccc2[nH]c(-c3ccc(Br)cc3)cc(=O)c2c1. The van der Waals surface area contributed by atoms with Crippen molar-refractivity contribution in [2.45, 2.75) is 6.92 Å². The lowest BCUT2D eigenvalue weighted by Gasteiger charge is -2.06. The zero-order valence-corrected chi connectivity index (χ0v) is 12.9. The first-order valence-electron chi connectivity index (χ1n) is 6.48. The molecule has 21 heavy (non-hydrogen) atoms. The summed E-state index contributed by atoms with van der Waals surface area (Å²) in [5.74, 6) is -0.0479. The van der Waals surface area contributed by atoms with Gasteiger partial charge in [0.2, 0.25) is 0 Å². The number of hydrogen-bond acceptors (Lipinski definition) is 2. The summed E-state index contributed by atoms with van der Waals surface area (Å²) in [6.45, 7) is 1.49. The predicted molar refractivity (Wildman–Crippen MR) is 87.7 cm³/mol. The molecule has 0 saturated carbocycles. The minimum absolute atomic E-state index is 0.0479. The van der Waals surface area contributed by atoms with Gasteiger partial charge in [-0.15, -0.1) is 0 Å². The molecule has 0 atom stereocenters.